The summed E-state index contributed by atoms with van der Waals surface area (Å²) in [5.41, 5.74) is 3.06. The van der Waals surface area contributed by atoms with Gasteiger partial charge in [0, 0.05) is 0 Å². The molecule has 150 valence electrons. The van der Waals surface area contributed by atoms with Gasteiger partial charge in [-0.25, -0.2) is 13.6 Å². The Bertz CT molecular complexity index is 1190. The number of sulfonamides is 1. The molecule has 1 aliphatic heterocycles. The number of rotatable bonds is 4. The van der Waals surface area contributed by atoms with Gasteiger partial charge in [0.2, 0.25) is 16.8 Å². The lowest BCUT2D eigenvalue weighted by molar-refractivity contribution is 0.174. The van der Waals surface area contributed by atoms with Crippen molar-refractivity contribution in [2.45, 2.75) is 4.90 Å². The minimum Gasteiger partial charge on any atom is -0.494 e. The highest BCUT2D eigenvalue weighted by molar-refractivity contribution is 7.89. The Labute approximate surface area is 177 Å². The molecule has 0 radical (unpaired) electrons. The smallest absolute Gasteiger partial charge is 0.238 e. The van der Waals surface area contributed by atoms with Gasteiger partial charge < -0.3 is 14.2 Å². The molecule has 4 rings (SSSR count). The number of ether oxygens (including phenoxy) is 3. The number of halogens is 2. The monoisotopic (exact) mass is 451 g/mol. The van der Waals surface area contributed by atoms with Gasteiger partial charge in [-0.3, -0.25) is 0 Å². The van der Waals surface area contributed by atoms with Crippen molar-refractivity contribution in [3.8, 4) is 39.5 Å². The third-order valence-electron chi connectivity index (χ3n) is 4.52. The molecular weight excluding hydrogens is 437 g/mol. The largest absolute Gasteiger partial charge is 0.494 e. The Kier molecular flexibility index (Phi) is 5.08. The van der Waals surface area contributed by atoms with Crippen molar-refractivity contribution in [3.63, 3.8) is 0 Å². The summed E-state index contributed by atoms with van der Waals surface area (Å²) in [6.45, 7) is 0.118. The molecule has 0 atom stereocenters. The first-order valence-corrected chi connectivity index (χ1v) is 10.7. The lowest BCUT2D eigenvalue weighted by Gasteiger charge is -2.14. The van der Waals surface area contributed by atoms with Crippen LogP contribution in [0.1, 0.15) is 0 Å². The van der Waals surface area contributed by atoms with Crippen LogP contribution in [0.2, 0.25) is 10.0 Å². The van der Waals surface area contributed by atoms with E-state index < -0.39 is 10.0 Å². The number of benzene rings is 3. The van der Waals surface area contributed by atoms with Gasteiger partial charge in [0.25, 0.3) is 0 Å². The molecule has 1 aliphatic rings. The van der Waals surface area contributed by atoms with Crippen LogP contribution in [0.3, 0.4) is 0 Å². The fourth-order valence-corrected chi connectivity index (χ4v) is 4.31. The summed E-state index contributed by atoms with van der Waals surface area (Å²) in [4.78, 5) is 0.0269. The summed E-state index contributed by atoms with van der Waals surface area (Å²) in [6, 6.07) is 13.4. The molecule has 0 aliphatic carbocycles. The second-order valence-corrected chi connectivity index (χ2v) is 8.67. The van der Waals surface area contributed by atoms with E-state index in [1.807, 2.05) is 12.1 Å². The van der Waals surface area contributed by atoms with E-state index in [1.165, 1.54) is 19.2 Å². The quantitative estimate of drug-likeness (QED) is 0.620. The summed E-state index contributed by atoms with van der Waals surface area (Å²) in [7, 11) is -2.29. The van der Waals surface area contributed by atoms with E-state index in [2.05, 4.69) is 0 Å². The van der Waals surface area contributed by atoms with Crippen LogP contribution in [-0.2, 0) is 10.0 Å². The Balaban J connectivity index is 1.91. The van der Waals surface area contributed by atoms with Crippen LogP contribution in [0.15, 0.2) is 53.4 Å². The number of nitrogens with two attached hydrogens (primary N) is 1. The molecular formula is C20H15Cl2NO5S. The van der Waals surface area contributed by atoms with Crippen LogP contribution < -0.4 is 19.3 Å². The Morgan fingerprint density at radius 2 is 1.41 bits per heavy atom. The number of fused-ring (bicyclic) bond motifs is 1. The fourth-order valence-electron chi connectivity index (χ4n) is 3.15. The first-order chi connectivity index (χ1) is 13.8. The summed E-state index contributed by atoms with van der Waals surface area (Å²) in [5, 5.41) is 5.92. The molecule has 3 aromatic rings. The minimum absolute atomic E-state index is 0.0269. The summed E-state index contributed by atoms with van der Waals surface area (Å²) >= 11 is 12.7. The molecule has 0 spiro atoms. The number of hydrogen-bond donors (Lipinski definition) is 1. The standard InChI is InChI=1S/C20H15Cl2NO5S/c1-26-20-16(21)6-12(7-17(20)22)15-9-19-18(27-10-28-19)8-14(15)11-2-4-13(5-3-11)29(23,24)25/h2-9H,10H2,1H3,(H2,23,24,25). The third-order valence-corrected chi connectivity index (χ3v) is 6.01. The van der Waals surface area contributed by atoms with Crippen LogP contribution >= 0.6 is 23.2 Å². The molecule has 0 saturated heterocycles. The second kappa shape index (κ2) is 7.42. The van der Waals surface area contributed by atoms with E-state index >= 15 is 0 Å². The van der Waals surface area contributed by atoms with Crippen molar-refractivity contribution in [1.29, 1.82) is 0 Å². The van der Waals surface area contributed by atoms with E-state index in [1.54, 1.807) is 24.3 Å². The molecule has 0 unspecified atom stereocenters. The van der Waals surface area contributed by atoms with E-state index in [4.69, 9.17) is 42.6 Å². The van der Waals surface area contributed by atoms with E-state index in [9.17, 15) is 8.42 Å². The molecule has 0 fully saturated rings. The minimum atomic E-state index is -3.79. The maximum Gasteiger partial charge on any atom is 0.238 e. The zero-order valence-electron chi connectivity index (χ0n) is 15.1. The molecule has 29 heavy (non-hydrogen) atoms. The molecule has 6 nitrogen and oxygen atoms in total. The Morgan fingerprint density at radius 1 is 0.897 bits per heavy atom. The first-order valence-electron chi connectivity index (χ1n) is 8.38. The van der Waals surface area contributed by atoms with E-state index in [0.29, 0.717) is 27.3 Å². The van der Waals surface area contributed by atoms with Crippen molar-refractivity contribution in [1.82, 2.24) is 0 Å². The number of hydrogen-bond acceptors (Lipinski definition) is 5. The van der Waals surface area contributed by atoms with Crippen molar-refractivity contribution < 1.29 is 22.6 Å². The topological polar surface area (TPSA) is 87.9 Å². The van der Waals surface area contributed by atoms with Gasteiger partial charge in [-0.05, 0) is 58.7 Å². The van der Waals surface area contributed by atoms with Gasteiger partial charge in [0.05, 0.1) is 22.1 Å². The molecule has 1 heterocycles. The molecule has 9 heteroatoms. The average Bonchev–Trinajstić information content (AvgIpc) is 3.13. The van der Waals surface area contributed by atoms with Crippen LogP contribution in [0.4, 0.5) is 0 Å². The summed E-state index contributed by atoms with van der Waals surface area (Å²) in [6.07, 6.45) is 0. The average molecular weight is 452 g/mol. The third kappa shape index (κ3) is 3.74. The van der Waals surface area contributed by atoms with Gasteiger partial charge in [-0.2, -0.15) is 0 Å². The van der Waals surface area contributed by atoms with Gasteiger partial charge in [0.15, 0.2) is 17.2 Å². The molecule has 0 aromatic heterocycles. The highest BCUT2D eigenvalue weighted by Crippen LogP contribution is 2.45. The van der Waals surface area contributed by atoms with Gasteiger partial charge in [0.1, 0.15) is 0 Å². The van der Waals surface area contributed by atoms with Gasteiger partial charge in [-0.15, -0.1) is 0 Å². The molecule has 0 saturated carbocycles. The zero-order valence-corrected chi connectivity index (χ0v) is 17.4. The van der Waals surface area contributed by atoms with Crippen molar-refractivity contribution in [2.24, 2.45) is 5.14 Å². The van der Waals surface area contributed by atoms with Crippen LogP contribution in [0, 0.1) is 0 Å². The lowest BCUT2D eigenvalue weighted by atomic mass is 9.94. The molecule has 2 N–H and O–H groups in total. The van der Waals surface area contributed by atoms with Crippen LogP contribution in [0.25, 0.3) is 22.3 Å². The number of methoxy groups -OCH3 is 1. The fraction of sp³-hybridized carbons (Fsp3) is 0.100. The van der Waals surface area contributed by atoms with Crippen LogP contribution in [-0.4, -0.2) is 22.3 Å². The van der Waals surface area contributed by atoms with Crippen molar-refractivity contribution in [3.05, 3.63) is 58.6 Å². The first kappa shape index (κ1) is 19.8. The summed E-state index contributed by atoms with van der Waals surface area (Å²) in [5.74, 6) is 1.56. The predicted octanol–water partition coefficient (Wildman–Crippen LogP) is 4.71. The Hall–Kier alpha value is -2.45. The lowest BCUT2D eigenvalue weighted by Crippen LogP contribution is -2.11. The molecule has 0 bridgehead atoms. The van der Waals surface area contributed by atoms with Crippen molar-refractivity contribution >= 4 is 33.2 Å². The van der Waals surface area contributed by atoms with Gasteiger partial charge >= 0.3 is 0 Å². The van der Waals surface area contributed by atoms with E-state index in [0.717, 1.165) is 22.3 Å². The van der Waals surface area contributed by atoms with Crippen molar-refractivity contribution in [2.75, 3.05) is 13.9 Å². The number of primary sulfonamides is 1. The maximum absolute atomic E-state index is 11.6. The predicted molar refractivity (Wildman–Crippen MR) is 111 cm³/mol. The SMILES string of the molecule is COc1c(Cl)cc(-c2cc3c(cc2-c2ccc(S(N)(=O)=O)cc2)OCO3)cc1Cl. The molecule has 0 amide bonds. The second-order valence-electron chi connectivity index (χ2n) is 6.29. The normalized spacial score (nSPS) is 12.8. The van der Waals surface area contributed by atoms with E-state index in [-0.39, 0.29) is 11.7 Å². The van der Waals surface area contributed by atoms with Gasteiger partial charge in [-0.1, -0.05) is 35.3 Å². The zero-order chi connectivity index (χ0) is 20.8. The maximum atomic E-state index is 11.6. The molecule has 3 aromatic carbocycles. The highest BCUT2D eigenvalue weighted by atomic mass is 35.5. The summed E-state index contributed by atoms with van der Waals surface area (Å²) < 4.78 is 39.4. The van der Waals surface area contributed by atoms with Crippen LogP contribution in [0.5, 0.6) is 17.2 Å². The Morgan fingerprint density at radius 3 is 1.90 bits per heavy atom. The highest BCUT2D eigenvalue weighted by Gasteiger charge is 2.21.